The largest absolute Gasteiger partial charge is 0.503 e. The fourth-order valence-electron chi connectivity index (χ4n) is 3.90. The van der Waals surface area contributed by atoms with Gasteiger partial charge in [0.2, 0.25) is 5.78 Å². The predicted molar refractivity (Wildman–Crippen MR) is 126 cm³/mol. The number of aliphatic hydroxyl groups is 1. The van der Waals surface area contributed by atoms with Crippen LogP contribution in [0.2, 0.25) is 10.0 Å². The van der Waals surface area contributed by atoms with Crippen LogP contribution in [0.5, 0.6) is 5.75 Å². The van der Waals surface area contributed by atoms with Crippen molar-refractivity contribution in [2.75, 3.05) is 34.3 Å². The maximum atomic E-state index is 13.6. The van der Waals surface area contributed by atoms with E-state index in [2.05, 4.69) is 0 Å². The van der Waals surface area contributed by atoms with E-state index in [9.17, 15) is 14.7 Å². The van der Waals surface area contributed by atoms with Crippen LogP contribution >= 0.6 is 23.2 Å². The number of amides is 1. The SMILES string of the molecule is COc1cc(Cl)cc2cc(C(=O)C3=C(O)C(=O)N(CCN(C)C)C3c3ccc(Cl)cc3)oc12. The highest BCUT2D eigenvalue weighted by Crippen LogP contribution is 2.40. The number of rotatable bonds is 7. The lowest BCUT2D eigenvalue weighted by Crippen LogP contribution is -2.36. The van der Waals surface area contributed by atoms with E-state index in [-0.39, 0.29) is 11.3 Å². The summed E-state index contributed by atoms with van der Waals surface area (Å²) in [6.45, 7) is 0.856. The van der Waals surface area contributed by atoms with Gasteiger partial charge in [0.05, 0.1) is 18.7 Å². The standard InChI is InChI=1S/C24H22Cl2N2O5/c1-27(2)8-9-28-20(13-4-6-15(25)7-5-13)19(22(30)24(28)31)21(29)17-11-14-10-16(26)12-18(32-3)23(14)33-17/h4-7,10-12,20,30H,8-9H2,1-3H3. The molecule has 1 N–H and O–H groups in total. The van der Waals surface area contributed by atoms with Crippen LogP contribution in [0.25, 0.3) is 11.0 Å². The monoisotopic (exact) mass is 488 g/mol. The summed E-state index contributed by atoms with van der Waals surface area (Å²) in [5.41, 5.74) is 0.947. The molecule has 0 saturated carbocycles. The molecule has 0 radical (unpaired) electrons. The van der Waals surface area contributed by atoms with Crippen LogP contribution in [0, 0.1) is 0 Å². The van der Waals surface area contributed by atoms with E-state index < -0.39 is 23.5 Å². The zero-order valence-electron chi connectivity index (χ0n) is 18.3. The van der Waals surface area contributed by atoms with Crippen molar-refractivity contribution < 1.29 is 23.8 Å². The first-order valence-electron chi connectivity index (χ1n) is 10.2. The van der Waals surface area contributed by atoms with Crippen LogP contribution in [0.3, 0.4) is 0 Å². The molecule has 2 heterocycles. The summed E-state index contributed by atoms with van der Waals surface area (Å²) in [5, 5.41) is 12.3. The highest BCUT2D eigenvalue weighted by atomic mass is 35.5. The van der Waals surface area contributed by atoms with Gasteiger partial charge in [0.15, 0.2) is 22.9 Å². The quantitative estimate of drug-likeness (QED) is 0.476. The van der Waals surface area contributed by atoms with Crippen LogP contribution in [0.4, 0.5) is 0 Å². The lowest BCUT2D eigenvalue weighted by Gasteiger charge is -2.27. The normalized spacial score (nSPS) is 16.4. The van der Waals surface area contributed by atoms with E-state index in [1.165, 1.54) is 18.1 Å². The van der Waals surface area contributed by atoms with Crippen molar-refractivity contribution in [3.63, 3.8) is 0 Å². The maximum Gasteiger partial charge on any atom is 0.290 e. The summed E-state index contributed by atoms with van der Waals surface area (Å²) in [7, 11) is 5.23. The Hall–Kier alpha value is -3.00. The Morgan fingerprint density at radius 2 is 1.85 bits per heavy atom. The fourth-order valence-corrected chi connectivity index (χ4v) is 4.24. The number of benzene rings is 2. The third-order valence-corrected chi connectivity index (χ3v) is 5.98. The van der Waals surface area contributed by atoms with Gasteiger partial charge in [-0.1, -0.05) is 35.3 Å². The molecule has 172 valence electrons. The minimum absolute atomic E-state index is 0.0339. The van der Waals surface area contributed by atoms with Crippen molar-refractivity contribution in [1.82, 2.24) is 9.80 Å². The van der Waals surface area contributed by atoms with Gasteiger partial charge in [0.1, 0.15) is 0 Å². The number of fused-ring (bicyclic) bond motifs is 1. The predicted octanol–water partition coefficient (Wildman–Crippen LogP) is 4.89. The topological polar surface area (TPSA) is 83.2 Å². The molecule has 0 saturated heterocycles. The van der Waals surface area contributed by atoms with Gasteiger partial charge >= 0.3 is 0 Å². The summed E-state index contributed by atoms with van der Waals surface area (Å²) in [4.78, 5) is 30.0. The number of hydrogen-bond donors (Lipinski definition) is 1. The molecular formula is C24H22Cl2N2O5. The Bertz CT molecular complexity index is 1260. The number of aliphatic hydroxyl groups excluding tert-OH is 1. The average molecular weight is 489 g/mol. The highest BCUT2D eigenvalue weighted by Gasteiger charge is 2.44. The number of carbonyl (C=O) groups is 2. The molecule has 0 spiro atoms. The fraction of sp³-hybridized carbons (Fsp3) is 0.250. The number of hydrogen-bond acceptors (Lipinski definition) is 6. The van der Waals surface area contributed by atoms with Gasteiger partial charge in [-0.3, -0.25) is 9.59 Å². The summed E-state index contributed by atoms with van der Waals surface area (Å²) in [6.07, 6.45) is 0. The second kappa shape index (κ2) is 9.09. The number of nitrogens with zero attached hydrogens (tertiary/aromatic N) is 2. The first kappa shape index (κ1) is 23.2. The number of ether oxygens (including phenoxy) is 1. The molecule has 0 bridgehead atoms. The van der Waals surface area contributed by atoms with Gasteiger partial charge in [-0.2, -0.15) is 0 Å². The third kappa shape index (κ3) is 4.31. The van der Waals surface area contributed by atoms with Crippen molar-refractivity contribution in [3.8, 4) is 5.75 Å². The third-order valence-electron chi connectivity index (χ3n) is 5.51. The van der Waals surface area contributed by atoms with Gasteiger partial charge in [0.25, 0.3) is 5.91 Å². The smallest absolute Gasteiger partial charge is 0.290 e. The molecule has 1 amide bonds. The van der Waals surface area contributed by atoms with Crippen LogP contribution in [-0.4, -0.2) is 60.9 Å². The molecule has 2 aromatic carbocycles. The van der Waals surface area contributed by atoms with Gasteiger partial charge in [-0.25, -0.2) is 0 Å². The Kier molecular flexibility index (Phi) is 6.38. The summed E-state index contributed by atoms with van der Waals surface area (Å²) in [5.74, 6) is -1.46. The number of Topliss-reactive ketones (excluding diaryl/α,β-unsaturated/α-hetero) is 1. The van der Waals surface area contributed by atoms with Gasteiger partial charge in [0, 0.05) is 34.6 Å². The number of methoxy groups -OCH3 is 1. The molecule has 33 heavy (non-hydrogen) atoms. The number of carbonyl (C=O) groups excluding carboxylic acids is 2. The Labute approximate surface area is 200 Å². The number of likely N-dealkylation sites (N-methyl/N-ethyl adjacent to an activating group) is 1. The molecule has 1 aromatic heterocycles. The van der Waals surface area contributed by atoms with E-state index in [0.29, 0.717) is 45.4 Å². The molecule has 3 aromatic rings. The van der Waals surface area contributed by atoms with Crippen molar-refractivity contribution in [1.29, 1.82) is 0 Å². The molecule has 7 nitrogen and oxygen atoms in total. The first-order chi connectivity index (χ1) is 15.7. The lowest BCUT2D eigenvalue weighted by atomic mass is 9.95. The van der Waals surface area contributed by atoms with E-state index in [1.54, 1.807) is 36.4 Å². The molecule has 1 atom stereocenters. The number of ketones is 1. The minimum atomic E-state index is -0.791. The number of halogens is 2. The van der Waals surface area contributed by atoms with E-state index in [4.69, 9.17) is 32.4 Å². The zero-order valence-corrected chi connectivity index (χ0v) is 19.8. The lowest BCUT2D eigenvalue weighted by molar-refractivity contribution is -0.129. The minimum Gasteiger partial charge on any atom is -0.503 e. The van der Waals surface area contributed by atoms with Gasteiger partial charge < -0.3 is 24.1 Å². The zero-order chi connectivity index (χ0) is 23.9. The molecule has 0 aliphatic carbocycles. The Morgan fingerprint density at radius 1 is 1.15 bits per heavy atom. The molecule has 1 unspecified atom stereocenters. The Morgan fingerprint density at radius 3 is 2.48 bits per heavy atom. The van der Waals surface area contributed by atoms with Crippen molar-refractivity contribution in [2.45, 2.75) is 6.04 Å². The summed E-state index contributed by atoms with van der Waals surface area (Å²) in [6, 6.07) is 10.8. The summed E-state index contributed by atoms with van der Waals surface area (Å²) < 4.78 is 11.1. The van der Waals surface area contributed by atoms with Crippen LogP contribution in [0.15, 0.2) is 58.2 Å². The van der Waals surface area contributed by atoms with Crippen LogP contribution in [0.1, 0.15) is 22.2 Å². The van der Waals surface area contributed by atoms with E-state index >= 15 is 0 Å². The summed E-state index contributed by atoms with van der Waals surface area (Å²) >= 11 is 12.2. The molecule has 1 aliphatic rings. The molecule has 1 aliphatic heterocycles. The number of furan rings is 1. The van der Waals surface area contributed by atoms with Crippen LogP contribution < -0.4 is 4.74 Å². The van der Waals surface area contributed by atoms with Crippen LogP contribution in [-0.2, 0) is 4.79 Å². The van der Waals surface area contributed by atoms with Crippen molar-refractivity contribution in [2.24, 2.45) is 0 Å². The van der Waals surface area contributed by atoms with Crippen molar-refractivity contribution >= 4 is 45.9 Å². The average Bonchev–Trinajstić information content (AvgIpc) is 3.31. The molecule has 9 heteroatoms. The Balaban J connectivity index is 1.81. The highest BCUT2D eigenvalue weighted by molar-refractivity contribution is 6.31. The first-order valence-corrected chi connectivity index (χ1v) is 10.9. The van der Waals surface area contributed by atoms with Crippen molar-refractivity contribution in [3.05, 3.63) is 75.2 Å². The molecule has 0 fully saturated rings. The van der Waals surface area contributed by atoms with E-state index in [1.807, 2.05) is 19.0 Å². The second-order valence-electron chi connectivity index (χ2n) is 7.98. The second-order valence-corrected chi connectivity index (χ2v) is 8.86. The van der Waals surface area contributed by atoms with E-state index in [0.717, 1.165) is 0 Å². The molecular weight excluding hydrogens is 467 g/mol. The maximum absolute atomic E-state index is 13.6. The van der Waals surface area contributed by atoms with Gasteiger partial charge in [-0.05, 0) is 43.9 Å². The molecule has 4 rings (SSSR count). The van der Waals surface area contributed by atoms with Gasteiger partial charge in [-0.15, -0.1) is 0 Å².